The fourth-order valence-electron chi connectivity index (χ4n) is 3.73. The minimum atomic E-state index is -3.65. The van der Waals surface area contributed by atoms with E-state index < -0.39 is 22.0 Å². The van der Waals surface area contributed by atoms with Crippen molar-refractivity contribution >= 4 is 27.3 Å². The fourth-order valence-corrected chi connectivity index (χ4v) is 4.90. The van der Waals surface area contributed by atoms with Crippen LogP contribution in [0.15, 0.2) is 42.5 Å². The lowest BCUT2D eigenvalue weighted by molar-refractivity contribution is -0.116. The Kier molecular flexibility index (Phi) is 6.71. The summed E-state index contributed by atoms with van der Waals surface area (Å²) < 4.78 is 32.0. The molecule has 2 aromatic carbocycles. The molecular formula is C23H30N2O4S. The van der Waals surface area contributed by atoms with Gasteiger partial charge < -0.3 is 10.1 Å². The highest BCUT2D eigenvalue weighted by Crippen LogP contribution is 2.26. The molecule has 7 heteroatoms. The highest BCUT2D eigenvalue weighted by Gasteiger charge is 2.29. The second-order valence-corrected chi connectivity index (χ2v) is 9.90. The van der Waals surface area contributed by atoms with E-state index in [1.807, 2.05) is 32.0 Å². The van der Waals surface area contributed by atoms with Gasteiger partial charge in [-0.3, -0.25) is 9.10 Å². The third-order valence-electron chi connectivity index (χ3n) is 5.56. The van der Waals surface area contributed by atoms with E-state index in [1.165, 1.54) is 12.8 Å². The van der Waals surface area contributed by atoms with Crippen molar-refractivity contribution in [3.05, 3.63) is 53.6 Å². The van der Waals surface area contributed by atoms with E-state index in [4.69, 9.17) is 4.74 Å². The van der Waals surface area contributed by atoms with Crippen molar-refractivity contribution in [2.45, 2.75) is 58.6 Å². The third kappa shape index (κ3) is 5.33. The number of ether oxygens (including phenoxy) is 1. The Hall–Kier alpha value is -2.54. The summed E-state index contributed by atoms with van der Waals surface area (Å²) in [4.78, 5) is 12.8. The minimum absolute atomic E-state index is 0.270. The molecule has 0 spiro atoms. The highest BCUT2D eigenvalue weighted by molar-refractivity contribution is 7.92. The number of nitrogens with zero attached hydrogens (tertiary/aromatic N) is 1. The van der Waals surface area contributed by atoms with Crippen LogP contribution >= 0.6 is 0 Å². The zero-order chi connectivity index (χ0) is 21.9. The first-order valence-electron chi connectivity index (χ1n) is 10.3. The van der Waals surface area contributed by atoms with Gasteiger partial charge in [0.1, 0.15) is 11.8 Å². The van der Waals surface area contributed by atoms with Crippen LogP contribution in [0.1, 0.15) is 43.7 Å². The van der Waals surface area contributed by atoms with Gasteiger partial charge in [0.2, 0.25) is 15.9 Å². The molecule has 3 rings (SSSR count). The second kappa shape index (κ2) is 9.08. The van der Waals surface area contributed by atoms with Crippen LogP contribution in [0.4, 0.5) is 11.4 Å². The molecule has 1 aliphatic carbocycles. The van der Waals surface area contributed by atoms with Gasteiger partial charge in [0.05, 0.1) is 18.0 Å². The summed E-state index contributed by atoms with van der Waals surface area (Å²) in [5.41, 5.74) is 3.10. The van der Waals surface area contributed by atoms with Crippen LogP contribution in [0.25, 0.3) is 0 Å². The van der Waals surface area contributed by atoms with E-state index in [9.17, 15) is 13.2 Å². The van der Waals surface area contributed by atoms with Crippen LogP contribution in [0.3, 0.4) is 0 Å². The Morgan fingerprint density at radius 1 is 1.07 bits per heavy atom. The number of hydrogen-bond donors (Lipinski definition) is 1. The van der Waals surface area contributed by atoms with Gasteiger partial charge in [0.15, 0.2) is 0 Å². The summed E-state index contributed by atoms with van der Waals surface area (Å²) in [5.74, 6) is 0.379. The zero-order valence-electron chi connectivity index (χ0n) is 18.0. The van der Waals surface area contributed by atoms with Crippen LogP contribution in [0.2, 0.25) is 0 Å². The minimum Gasteiger partial charge on any atom is -0.490 e. The maximum Gasteiger partial charge on any atom is 0.247 e. The molecule has 1 fully saturated rings. The van der Waals surface area contributed by atoms with E-state index in [2.05, 4.69) is 5.32 Å². The second-order valence-electron chi connectivity index (χ2n) is 8.04. The average molecular weight is 431 g/mol. The predicted octanol–water partition coefficient (Wildman–Crippen LogP) is 4.42. The van der Waals surface area contributed by atoms with E-state index >= 15 is 0 Å². The van der Waals surface area contributed by atoms with Crippen molar-refractivity contribution < 1.29 is 17.9 Å². The van der Waals surface area contributed by atoms with Gasteiger partial charge in [0.25, 0.3) is 0 Å². The SMILES string of the molecule is Cc1ccc(N([C@H](C)C(=O)Nc2ccc(OC3CCCC3)cc2)S(C)(=O)=O)cc1C. The Bertz CT molecular complexity index is 996. The molecule has 1 N–H and O–H groups in total. The molecule has 1 aliphatic rings. The Labute approximate surface area is 179 Å². The molecule has 30 heavy (non-hydrogen) atoms. The maximum absolute atomic E-state index is 12.8. The highest BCUT2D eigenvalue weighted by atomic mass is 32.2. The molecule has 0 heterocycles. The number of amides is 1. The number of rotatable bonds is 7. The van der Waals surface area contributed by atoms with Crippen molar-refractivity contribution in [1.29, 1.82) is 0 Å². The smallest absolute Gasteiger partial charge is 0.247 e. The standard InChI is InChI=1S/C23H30N2O4S/c1-16-9-12-20(15-17(16)2)25(30(4,27)28)18(3)23(26)24-19-10-13-22(14-11-19)29-21-7-5-6-8-21/h9-15,18,21H,5-8H2,1-4H3,(H,24,26)/t18-/m1/s1. The summed E-state index contributed by atoms with van der Waals surface area (Å²) >= 11 is 0. The lowest BCUT2D eigenvalue weighted by atomic mass is 10.1. The topological polar surface area (TPSA) is 75.7 Å². The van der Waals surface area contributed by atoms with Crippen LogP contribution < -0.4 is 14.4 Å². The van der Waals surface area contributed by atoms with Crippen LogP contribution in [-0.2, 0) is 14.8 Å². The predicted molar refractivity (Wildman–Crippen MR) is 121 cm³/mol. The van der Waals surface area contributed by atoms with Crippen molar-refractivity contribution in [2.75, 3.05) is 15.9 Å². The monoisotopic (exact) mass is 430 g/mol. The summed E-state index contributed by atoms with van der Waals surface area (Å²) in [6, 6.07) is 11.7. The number of nitrogens with one attached hydrogen (secondary N) is 1. The number of sulfonamides is 1. The Morgan fingerprint density at radius 3 is 2.27 bits per heavy atom. The number of carbonyl (C=O) groups excluding carboxylic acids is 1. The summed E-state index contributed by atoms with van der Waals surface area (Å²) in [6.07, 6.45) is 5.95. The van der Waals surface area contributed by atoms with Crippen molar-refractivity contribution in [3.63, 3.8) is 0 Å². The number of carbonyl (C=O) groups is 1. The summed E-state index contributed by atoms with van der Waals surface area (Å²) in [5, 5.41) is 2.81. The van der Waals surface area contributed by atoms with Gasteiger partial charge in [0, 0.05) is 5.69 Å². The van der Waals surface area contributed by atoms with Crippen molar-refractivity contribution in [1.82, 2.24) is 0 Å². The normalized spacial score (nSPS) is 15.6. The molecule has 1 amide bonds. The van der Waals surface area contributed by atoms with Gasteiger partial charge in [-0.05, 0) is 94.0 Å². The lowest BCUT2D eigenvalue weighted by Gasteiger charge is -2.28. The summed E-state index contributed by atoms with van der Waals surface area (Å²) in [7, 11) is -3.65. The van der Waals surface area contributed by atoms with Gasteiger partial charge in [-0.1, -0.05) is 6.07 Å². The Balaban J connectivity index is 1.72. The van der Waals surface area contributed by atoms with Crippen LogP contribution in [0.5, 0.6) is 5.75 Å². The first-order valence-corrected chi connectivity index (χ1v) is 12.1. The number of benzene rings is 2. The van der Waals surface area contributed by atoms with E-state index in [-0.39, 0.29) is 6.10 Å². The molecule has 1 atom stereocenters. The largest absolute Gasteiger partial charge is 0.490 e. The van der Waals surface area contributed by atoms with Gasteiger partial charge >= 0.3 is 0 Å². The van der Waals surface area contributed by atoms with E-state index in [1.54, 1.807) is 31.2 Å². The number of hydrogen-bond acceptors (Lipinski definition) is 4. The molecule has 0 unspecified atom stereocenters. The molecule has 2 aromatic rings. The molecule has 0 bridgehead atoms. The molecular weight excluding hydrogens is 400 g/mol. The van der Waals surface area contributed by atoms with Crippen LogP contribution in [0, 0.1) is 13.8 Å². The van der Waals surface area contributed by atoms with Gasteiger partial charge in [-0.15, -0.1) is 0 Å². The third-order valence-corrected chi connectivity index (χ3v) is 6.80. The first kappa shape index (κ1) is 22.2. The fraction of sp³-hybridized carbons (Fsp3) is 0.435. The van der Waals surface area contributed by atoms with E-state index in [0.717, 1.165) is 40.3 Å². The molecule has 1 saturated carbocycles. The van der Waals surface area contributed by atoms with Gasteiger partial charge in [-0.2, -0.15) is 0 Å². The molecule has 162 valence electrons. The average Bonchev–Trinajstić information content (AvgIpc) is 3.18. The van der Waals surface area contributed by atoms with Crippen LogP contribution in [-0.4, -0.2) is 32.7 Å². The Morgan fingerprint density at radius 2 is 1.70 bits per heavy atom. The maximum atomic E-state index is 12.8. The molecule has 0 aliphatic heterocycles. The summed E-state index contributed by atoms with van der Waals surface area (Å²) in [6.45, 7) is 5.46. The zero-order valence-corrected chi connectivity index (χ0v) is 18.8. The number of anilines is 2. The molecule has 6 nitrogen and oxygen atoms in total. The quantitative estimate of drug-likeness (QED) is 0.706. The van der Waals surface area contributed by atoms with E-state index in [0.29, 0.717) is 11.4 Å². The van der Waals surface area contributed by atoms with Crippen molar-refractivity contribution in [2.24, 2.45) is 0 Å². The van der Waals surface area contributed by atoms with Gasteiger partial charge in [-0.25, -0.2) is 8.42 Å². The molecule has 0 radical (unpaired) electrons. The van der Waals surface area contributed by atoms with Crippen molar-refractivity contribution in [3.8, 4) is 5.75 Å². The number of aryl methyl sites for hydroxylation is 2. The first-order chi connectivity index (χ1) is 14.1. The molecule has 0 saturated heterocycles. The lowest BCUT2D eigenvalue weighted by Crippen LogP contribution is -2.45. The molecule has 0 aromatic heterocycles.